The molecule has 3 rings (SSSR count). The highest BCUT2D eigenvalue weighted by Gasteiger charge is 2.44. The number of amides is 1. The van der Waals surface area contributed by atoms with Crippen LogP contribution in [0.2, 0.25) is 0 Å². The predicted molar refractivity (Wildman–Crippen MR) is 121 cm³/mol. The van der Waals surface area contributed by atoms with Crippen LogP contribution in [0.15, 0.2) is 48.5 Å². The Balaban J connectivity index is 1.79. The Labute approximate surface area is 184 Å². The molecule has 3 N–H and O–H groups in total. The smallest absolute Gasteiger partial charge is 0.241 e. The van der Waals surface area contributed by atoms with Gasteiger partial charge in [-0.25, -0.2) is 8.42 Å². The maximum Gasteiger partial charge on any atom is 0.241 e. The minimum Gasteiger partial charge on any atom is -0.497 e. The first-order chi connectivity index (χ1) is 14.7. The molecule has 0 radical (unpaired) electrons. The Bertz CT molecular complexity index is 983. The number of hydrazine groups is 1. The van der Waals surface area contributed by atoms with E-state index in [0.717, 1.165) is 16.9 Å². The van der Waals surface area contributed by atoms with Crippen LogP contribution in [0.5, 0.6) is 5.75 Å². The van der Waals surface area contributed by atoms with Crippen LogP contribution >= 0.6 is 0 Å². The lowest BCUT2D eigenvalue weighted by atomic mass is 10.2. The molecule has 2 aromatic rings. The lowest BCUT2D eigenvalue weighted by Crippen LogP contribution is -2.50. The first kappa shape index (κ1) is 23.1. The number of anilines is 1. The van der Waals surface area contributed by atoms with Gasteiger partial charge in [0, 0.05) is 18.6 Å². The summed E-state index contributed by atoms with van der Waals surface area (Å²) in [6, 6.07) is 13.9. The van der Waals surface area contributed by atoms with Gasteiger partial charge in [-0.05, 0) is 50.6 Å². The van der Waals surface area contributed by atoms with Crippen LogP contribution in [0.4, 0.5) is 5.69 Å². The van der Waals surface area contributed by atoms with Crippen molar-refractivity contribution in [3.63, 3.8) is 0 Å². The predicted octanol–water partition coefficient (Wildman–Crippen LogP) is 1.71. The highest BCUT2D eigenvalue weighted by Crippen LogP contribution is 2.26. The van der Waals surface area contributed by atoms with Gasteiger partial charge in [0.1, 0.15) is 17.5 Å². The van der Waals surface area contributed by atoms with E-state index in [-0.39, 0.29) is 24.5 Å². The van der Waals surface area contributed by atoms with Gasteiger partial charge in [-0.15, -0.1) is 0 Å². The van der Waals surface area contributed by atoms with Crippen molar-refractivity contribution in [1.82, 2.24) is 16.2 Å². The van der Waals surface area contributed by atoms with E-state index in [1.807, 2.05) is 57.2 Å². The van der Waals surface area contributed by atoms with Crippen LogP contribution in [0.25, 0.3) is 0 Å². The molecule has 1 amide bonds. The number of rotatable bonds is 8. The van der Waals surface area contributed by atoms with Gasteiger partial charge in [0.2, 0.25) is 15.9 Å². The molecular weight excluding hydrogens is 416 g/mol. The van der Waals surface area contributed by atoms with Crippen LogP contribution in [0.1, 0.15) is 25.0 Å². The second-order valence-corrected chi connectivity index (χ2v) is 9.86. The summed E-state index contributed by atoms with van der Waals surface area (Å²) >= 11 is 0. The molecule has 2 atom stereocenters. The Morgan fingerprint density at radius 2 is 1.61 bits per heavy atom. The number of nitrogens with zero attached hydrogens (tertiary/aromatic N) is 1. The summed E-state index contributed by atoms with van der Waals surface area (Å²) in [7, 11) is -2.23. The van der Waals surface area contributed by atoms with Gasteiger partial charge >= 0.3 is 0 Å². The van der Waals surface area contributed by atoms with Crippen molar-refractivity contribution >= 4 is 21.6 Å². The van der Waals surface area contributed by atoms with E-state index in [1.165, 1.54) is 4.31 Å². The summed E-state index contributed by atoms with van der Waals surface area (Å²) in [6.07, 6.45) is 0. The third-order valence-electron chi connectivity index (χ3n) is 5.43. The minimum absolute atomic E-state index is 0.294. The van der Waals surface area contributed by atoms with E-state index in [9.17, 15) is 13.2 Å². The van der Waals surface area contributed by atoms with Crippen LogP contribution in [-0.4, -0.2) is 45.3 Å². The molecule has 2 aromatic carbocycles. The first-order valence-corrected chi connectivity index (χ1v) is 11.7. The Kier molecular flexibility index (Phi) is 7.19. The number of sulfonamides is 1. The summed E-state index contributed by atoms with van der Waals surface area (Å²) in [5.41, 5.74) is 8.34. The molecule has 1 aliphatic heterocycles. The van der Waals surface area contributed by atoms with Gasteiger partial charge in [-0.3, -0.25) is 20.0 Å². The number of ether oxygens (including phenoxy) is 1. The number of nitrogens with one attached hydrogen (secondary N) is 3. The highest BCUT2D eigenvalue weighted by atomic mass is 32.2. The molecule has 0 spiro atoms. The van der Waals surface area contributed by atoms with Crippen molar-refractivity contribution in [1.29, 1.82) is 0 Å². The number of benzene rings is 2. The Morgan fingerprint density at radius 3 is 2.16 bits per heavy atom. The highest BCUT2D eigenvalue weighted by molar-refractivity contribution is 7.93. The van der Waals surface area contributed by atoms with Gasteiger partial charge in [0.05, 0.1) is 12.8 Å². The van der Waals surface area contributed by atoms with E-state index >= 15 is 0 Å². The molecule has 8 nitrogen and oxygen atoms in total. The molecule has 168 valence electrons. The fraction of sp³-hybridized carbons (Fsp3) is 0.409. The van der Waals surface area contributed by atoms with Crippen molar-refractivity contribution in [2.24, 2.45) is 0 Å². The van der Waals surface area contributed by atoms with Gasteiger partial charge in [-0.2, -0.15) is 0 Å². The molecule has 1 saturated heterocycles. The number of carbonyl (C=O) groups excluding carboxylic acids is 1. The molecule has 0 aliphatic carbocycles. The maximum atomic E-state index is 13.6. The standard InChI is InChI=1S/C22H30N4O4S/c1-15-5-9-19(10-6-15)26(31(28,29)22-16(2)24-25-17(22)3)14-21(27)23-13-18-7-11-20(30-4)12-8-18/h5-12,16-17,22,24-25H,13-14H2,1-4H3,(H,23,27). The van der Waals surface area contributed by atoms with Crippen molar-refractivity contribution in [3.8, 4) is 5.75 Å². The van der Waals surface area contributed by atoms with Gasteiger partial charge in [0.15, 0.2) is 0 Å². The van der Waals surface area contributed by atoms with E-state index in [2.05, 4.69) is 16.2 Å². The summed E-state index contributed by atoms with van der Waals surface area (Å²) in [6.45, 7) is 5.56. The van der Waals surface area contributed by atoms with Crippen LogP contribution in [0.3, 0.4) is 0 Å². The molecule has 1 heterocycles. The van der Waals surface area contributed by atoms with E-state index < -0.39 is 15.3 Å². The fourth-order valence-corrected chi connectivity index (χ4v) is 5.87. The third-order valence-corrected chi connectivity index (χ3v) is 7.89. The number of methoxy groups -OCH3 is 1. The molecule has 2 unspecified atom stereocenters. The van der Waals surface area contributed by atoms with Gasteiger partial charge in [0.25, 0.3) is 0 Å². The molecule has 0 aromatic heterocycles. The molecule has 31 heavy (non-hydrogen) atoms. The van der Waals surface area contributed by atoms with Gasteiger partial charge < -0.3 is 10.1 Å². The first-order valence-electron chi connectivity index (χ1n) is 10.2. The second kappa shape index (κ2) is 9.67. The average Bonchev–Trinajstić information content (AvgIpc) is 3.10. The number of carbonyl (C=O) groups is 1. The molecule has 0 bridgehead atoms. The quantitative estimate of drug-likeness (QED) is 0.571. The normalized spacial score (nSPS) is 21.0. The molecule has 0 saturated carbocycles. The fourth-order valence-electron chi connectivity index (χ4n) is 3.69. The minimum atomic E-state index is -3.82. The lowest BCUT2D eigenvalue weighted by Gasteiger charge is -2.30. The van der Waals surface area contributed by atoms with E-state index in [0.29, 0.717) is 12.2 Å². The lowest BCUT2D eigenvalue weighted by molar-refractivity contribution is -0.119. The summed E-state index contributed by atoms with van der Waals surface area (Å²) in [4.78, 5) is 12.7. The number of aryl methyl sites for hydroxylation is 1. The maximum absolute atomic E-state index is 13.6. The average molecular weight is 447 g/mol. The SMILES string of the molecule is COc1ccc(CNC(=O)CN(c2ccc(C)cc2)S(=O)(=O)C2C(C)NNC2C)cc1. The molecule has 1 fully saturated rings. The largest absolute Gasteiger partial charge is 0.497 e. The van der Waals surface area contributed by atoms with E-state index in [4.69, 9.17) is 4.74 Å². The zero-order valence-electron chi connectivity index (χ0n) is 18.3. The van der Waals surface area contributed by atoms with Crippen molar-refractivity contribution in [3.05, 3.63) is 59.7 Å². The number of hydrogen-bond acceptors (Lipinski definition) is 6. The second-order valence-electron chi connectivity index (χ2n) is 7.84. The zero-order chi connectivity index (χ0) is 22.6. The van der Waals surface area contributed by atoms with Crippen molar-refractivity contribution in [2.75, 3.05) is 18.0 Å². The molecular formula is C22H30N4O4S. The van der Waals surface area contributed by atoms with Crippen molar-refractivity contribution < 1.29 is 17.9 Å². The number of hydrogen-bond donors (Lipinski definition) is 3. The zero-order valence-corrected chi connectivity index (χ0v) is 19.1. The third kappa shape index (κ3) is 5.36. The van der Waals surface area contributed by atoms with Crippen LogP contribution in [0, 0.1) is 6.92 Å². The molecule has 1 aliphatic rings. The van der Waals surface area contributed by atoms with E-state index in [1.54, 1.807) is 19.2 Å². The van der Waals surface area contributed by atoms with Crippen molar-refractivity contribution in [2.45, 2.75) is 44.6 Å². The van der Waals surface area contributed by atoms with Crippen LogP contribution < -0.4 is 25.2 Å². The molecule has 9 heteroatoms. The Morgan fingerprint density at radius 1 is 1.03 bits per heavy atom. The van der Waals surface area contributed by atoms with Gasteiger partial charge in [-0.1, -0.05) is 29.8 Å². The summed E-state index contributed by atoms with van der Waals surface area (Å²) in [5, 5.41) is 2.11. The van der Waals surface area contributed by atoms with Crippen LogP contribution in [-0.2, 0) is 21.4 Å². The summed E-state index contributed by atoms with van der Waals surface area (Å²) < 4.78 is 33.5. The summed E-state index contributed by atoms with van der Waals surface area (Å²) in [5.74, 6) is 0.355. The monoisotopic (exact) mass is 446 g/mol. The Hall–Kier alpha value is -2.62. The topological polar surface area (TPSA) is 99.8 Å².